The minimum Gasteiger partial charge on any atom is -0.207 e. The molecular weight excluding hydrogens is 170 g/mol. The molecule has 0 fully saturated rings. The third-order valence-electron chi connectivity index (χ3n) is 2.18. The molecule has 0 aliphatic rings. The second-order valence-electron chi connectivity index (χ2n) is 3.47. The third-order valence-corrected chi connectivity index (χ3v) is 2.18. The molecule has 1 rings (SSSR count). The first-order chi connectivity index (χ1) is 6.06. The second-order valence-corrected chi connectivity index (χ2v) is 3.47. The van der Waals surface area contributed by atoms with E-state index in [2.05, 4.69) is 0 Å². The van der Waals surface area contributed by atoms with Crippen LogP contribution in [0.1, 0.15) is 37.8 Å². The molecule has 0 nitrogen and oxygen atoms in total. The van der Waals surface area contributed by atoms with Crippen LogP contribution >= 0.6 is 0 Å². The minimum absolute atomic E-state index is 0.162. The molecule has 0 aromatic heterocycles. The molecular formula is C11H14F2. The average Bonchev–Trinajstić information content (AvgIpc) is 2.03. The van der Waals surface area contributed by atoms with E-state index in [1.807, 2.05) is 13.8 Å². The quantitative estimate of drug-likeness (QED) is 0.658. The summed E-state index contributed by atoms with van der Waals surface area (Å²) in [4.78, 5) is 0. The maximum atomic E-state index is 13.2. The Morgan fingerprint density at radius 1 is 1.15 bits per heavy atom. The SMILES string of the molecule is CCc1c(F)cc(C(C)C)cc1F. The largest absolute Gasteiger partial charge is 0.207 e. The van der Waals surface area contributed by atoms with Gasteiger partial charge in [0.1, 0.15) is 11.6 Å². The number of halogens is 2. The van der Waals surface area contributed by atoms with Crippen molar-refractivity contribution in [3.63, 3.8) is 0 Å². The summed E-state index contributed by atoms with van der Waals surface area (Å²) in [5.74, 6) is -0.688. The Morgan fingerprint density at radius 3 is 1.92 bits per heavy atom. The van der Waals surface area contributed by atoms with Crippen LogP contribution in [0, 0.1) is 11.6 Å². The molecule has 0 atom stereocenters. The number of hydrogen-bond acceptors (Lipinski definition) is 0. The van der Waals surface area contributed by atoms with Crippen molar-refractivity contribution in [1.29, 1.82) is 0 Å². The number of rotatable bonds is 2. The highest BCUT2D eigenvalue weighted by molar-refractivity contribution is 5.28. The topological polar surface area (TPSA) is 0 Å². The molecule has 0 spiro atoms. The maximum absolute atomic E-state index is 13.2. The Balaban J connectivity index is 3.20. The Labute approximate surface area is 77.6 Å². The van der Waals surface area contributed by atoms with E-state index in [4.69, 9.17) is 0 Å². The summed E-state index contributed by atoms with van der Waals surface area (Å²) in [6.07, 6.45) is 0.399. The fourth-order valence-electron chi connectivity index (χ4n) is 1.29. The van der Waals surface area contributed by atoms with E-state index >= 15 is 0 Å². The van der Waals surface area contributed by atoms with Gasteiger partial charge in [-0.25, -0.2) is 8.78 Å². The Bertz CT molecular complexity index is 280. The Hall–Kier alpha value is -0.920. The Morgan fingerprint density at radius 2 is 1.62 bits per heavy atom. The highest BCUT2D eigenvalue weighted by Gasteiger charge is 2.10. The molecule has 1 aromatic rings. The van der Waals surface area contributed by atoms with E-state index in [0.29, 0.717) is 12.0 Å². The van der Waals surface area contributed by atoms with E-state index < -0.39 is 11.6 Å². The highest BCUT2D eigenvalue weighted by Crippen LogP contribution is 2.21. The smallest absolute Gasteiger partial charge is 0.129 e. The predicted molar refractivity (Wildman–Crippen MR) is 49.8 cm³/mol. The molecule has 0 unspecified atom stereocenters. The van der Waals surface area contributed by atoms with Gasteiger partial charge in [0.25, 0.3) is 0 Å². The van der Waals surface area contributed by atoms with Crippen LogP contribution in [0.25, 0.3) is 0 Å². The van der Waals surface area contributed by atoms with Gasteiger partial charge in [-0.15, -0.1) is 0 Å². The van der Waals surface area contributed by atoms with Crippen LogP contribution in [0.3, 0.4) is 0 Å². The zero-order chi connectivity index (χ0) is 10.0. The molecule has 0 N–H and O–H groups in total. The van der Waals surface area contributed by atoms with E-state index in [0.717, 1.165) is 0 Å². The van der Waals surface area contributed by atoms with Crippen molar-refractivity contribution >= 4 is 0 Å². The lowest BCUT2D eigenvalue weighted by molar-refractivity contribution is 0.553. The zero-order valence-electron chi connectivity index (χ0n) is 8.20. The molecule has 72 valence electrons. The normalized spacial score (nSPS) is 10.9. The molecule has 0 bridgehead atoms. The summed E-state index contributed by atoms with van der Waals surface area (Å²) >= 11 is 0. The Kier molecular flexibility index (Phi) is 3.02. The van der Waals surface area contributed by atoms with Gasteiger partial charge in [0.2, 0.25) is 0 Å². The van der Waals surface area contributed by atoms with Crippen LogP contribution in [0.2, 0.25) is 0 Å². The third kappa shape index (κ3) is 2.06. The maximum Gasteiger partial charge on any atom is 0.129 e. The minimum atomic E-state index is -0.425. The fourth-order valence-corrected chi connectivity index (χ4v) is 1.29. The van der Waals surface area contributed by atoms with Gasteiger partial charge in [-0.2, -0.15) is 0 Å². The zero-order valence-corrected chi connectivity index (χ0v) is 8.20. The fraction of sp³-hybridized carbons (Fsp3) is 0.455. The van der Waals surface area contributed by atoms with Crippen molar-refractivity contribution in [3.05, 3.63) is 34.9 Å². The predicted octanol–water partition coefficient (Wildman–Crippen LogP) is 3.65. The van der Waals surface area contributed by atoms with Crippen molar-refractivity contribution in [2.75, 3.05) is 0 Å². The summed E-state index contributed by atoms with van der Waals surface area (Å²) < 4.78 is 26.5. The van der Waals surface area contributed by atoms with Gasteiger partial charge in [-0.3, -0.25) is 0 Å². The second kappa shape index (κ2) is 3.86. The van der Waals surface area contributed by atoms with E-state index in [1.54, 1.807) is 6.92 Å². The monoisotopic (exact) mass is 184 g/mol. The molecule has 0 heterocycles. The molecule has 0 amide bonds. The van der Waals surface area contributed by atoms with Crippen molar-refractivity contribution in [1.82, 2.24) is 0 Å². The summed E-state index contributed by atoms with van der Waals surface area (Å²) in [5, 5.41) is 0. The average molecular weight is 184 g/mol. The van der Waals surface area contributed by atoms with Crippen LogP contribution in [0.5, 0.6) is 0 Å². The first kappa shape index (κ1) is 10.2. The van der Waals surface area contributed by atoms with Crippen LogP contribution in [-0.4, -0.2) is 0 Å². The molecule has 0 aliphatic carbocycles. The molecule has 0 saturated carbocycles. The summed E-state index contributed by atoms with van der Waals surface area (Å²) in [7, 11) is 0. The van der Waals surface area contributed by atoms with Crippen molar-refractivity contribution in [3.8, 4) is 0 Å². The lowest BCUT2D eigenvalue weighted by Crippen LogP contribution is -1.98. The summed E-state index contributed by atoms with van der Waals surface area (Å²) in [6.45, 7) is 5.58. The van der Waals surface area contributed by atoms with Crippen molar-refractivity contribution in [2.24, 2.45) is 0 Å². The van der Waals surface area contributed by atoms with Crippen LogP contribution in [0.15, 0.2) is 12.1 Å². The van der Waals surface area contributed by atoms with Gasteiger partial charge >= 0.3 is 0 Å². The van der Waals surface area contributed by atoms with Crippen LogP contribution in [-0.2, 0) is 6.42 Å². The van der Waals surface area contributed by atoms with Crippen molar-refractivity contribution < 1.29 is 8.78 Å². The first-order valence-electron chi connectivity index (χ1n) is 4.54. The van der Waals surface area contributed by atoms with Crippen LogP contribution < -0.4 is 0 Å². The highest BCUT2D eigenvalue weighted by atomic mass is 19.1. The first-order valence-corrected chi connectivity index (χ1v) is 4.54. The molecule has 2 heteroatoms. The molecule has 0 aliphatic heterocycles. The van der Waals surface area contributed by atoms with E-state index in [-0.39, 0.29) is 11.5 Å². The van der Waals surface area contributed by atoms with Gasteiger partial charge in [0, 0.05) is 5.56 Å². The lowest BCUT2D eigenvalue weighted by Gasteiger charge is -2.08. The van der Waals surface area contributed by atoms with Crippen LogP contribution in [0.4, 0.5) is 8.78 Å². The molecule has 1 aromatic carbocycles. The van der Waals surface area contributed by atoms with E-state index in [1.165, 1.54) is 12.1 Å². The van der Waals surface area contributed by atoms with Crippen molar-refractivity contribution in [2.45, 2.75) is 33.1 Å². The summed E-state index contributed by atoms with van der Waals surface area (Å²) in [6, 6.07) is 2.85. The van der Waals surface area contributed by atoms with Gasteiger partial charge in [-0.05, 0) is 30.0 Å². The van der Waals surface area contributed by atoms with E-state index in [9.17, 15) is 8.78 Å². The number of benzene rings is 1. The summed E-state index contributed by atoms with van der Waals surface area (Å²) in [5.41, 5.74) is 0.900. The molecule has 13 heavy (non-hydrogen) atoms. The number of hydrogen-bond donors (Lipinski definition) is 0. The van der Waals surface area contributed by atoms with Gasteiger partial charge < -0.3 is 0 Å². The van der Waals surface area contributed by atoms with Gasteiger partial charge in [-0.1, -0.05) is 20.8 Å². The molecule has 0 radical (unpaired) electrons. The molecule has 0 saturated heterocycles. The van der Waals surface area contributed by atoms with Gasteiger partial charge in [0.15, 0.2) is 0 Å². The van der Waals surface area contributed by atoms with Gasteiger partial charge in [0.05, 0.1) is 0 Å². The lowest BCUT2D eigenvalue weighted by atomic mass is 10.00. The standard InChI is InChI=1S/C11H14F2/c1-4-9-10(12)5-8(7(2)3)6-11(9)13/h5-7H,4H2,1-3H3.